The van der Waals surface area contributed by atoms with Crippen LogP contribution in [0.4, 0.5) is 0 Å². The Morgan fingerprint density at radius 2 is 2.27 bits per heavy atom. The predicted octanol–water partition coefficient (Wildman–Crippen LogP) is 1.44. The lowest BCUT2D eigenvalue weighted by molar-refractivity contribution is 0.340. The Morgan fingerprint density at radius 1 is 1.47 bits per heavy atom. The quantitative estimate of drug-likeness (QED) is 0.808. The molecule has 0 saturated carbocycles. The van der Waals surface area contributed by atoms with Gasteiger partial charge in [0.05, 0.1) is 0 Å². The monoisotopic (exact) mass is 205 g/mol. The van der Waals surface area contributed by atoms with E-state index in [-0.39, 0.29) is 0 Å². The molecule has 1 fully saturated rings. The fourth-order valence-electron chi connectivity index (χ4n) is 1.82. The molecule has 0 spiro atoms. The molecule has 3 heteroatoms. The number of hydrogen-bond acceptors (Lipinski definition) is 3. The lowest BCUT2D eigenvalue weighted by atomic mass is 9.99. The van der Waals surface area contributed by atoms with E-state index in [1.54, 1.807) is 0 Å². The third kappa shape index (κ3) is 2.99. The summed E-state index contributed by atoms with van der Waals surface area (Å²) in [6.07, 6.45) is 3.98. The lowest BCUT2D eigenvalue weighted by Crippen LogP contribution is -2.43. The second-order valence-corrected chi connectivity index (χ2v) is 4.79. The molecule has 0 bridgehead atoms. The minimum atomic E-state index is 0.665. The Labute approximate surface area is 91.3 Å². The molecule has 0 unspecified atom stereocenters. The van der Waals surface area contributed by atoms with Crippen molar-refractivity contribution in [2.45, 2.75) is 26.7 Å². The van der Waals surface area contributed by atoms with Crippen molar-refractivity contribution in [3.63, 3.8) is 0 Å². The Morgan fingerprint density at radius 3 is 2.87 bits per heavy atom. The highest BCUT2D eigenvalue weighted by Crippen LogP contribution is 2.10. The van der Waals surface area contributed by atoms with Crippen LogP contribution in [0, 0.1) is 11.8 Å². The average molecular weight is 205 g/mol. The first-order valence-corrected chi connectivity index (χ1v) is 5.75. The van der Waals surface area contributed by atoms with Gasteiger partial charge in [0.15, 0.2) is 0 Å². The molecule has 0 radical (unpaired) electrons. The Kier molecular flexibility index (Phi) is 3.31. The number of rotatable bonds is 4. The van der Waals surface area contributed by atoms with Crippen molar-refractivity contribution in [3.05, 3.63) is 23.8 Å². The molecule has 0 aromatic carbocycles. The summed E-state index contributed by atoms with van der Waals surface area (Å²) in [7, 11) is 0. The van der Waals surface area contributed by atoms with E-state index in [4.69, 9.17) is 0 Å². The minimum absolute atomic E-state index is 0.665. The summed E-state index contributed by atoms with van der Waals surface area (Å²) in [5.74, 6) is 2.43. The topological polar surface area (TPSA) is 37.8 Å². The van der Waals surface area contributed by atoms with Crippen molar-refractivity contribution in [2.75, 3.05) is 13.1 Å². The summed E-state index contributed by atoms with van der Waals surface area (Å²) in [6, 6.07) is 2.03. The molecule has 1 saturated heterocycles. The molecule has 0 atom stereocenters. The summed E-state index contributed by atoms with van der Waals surface area (Å²) < 4.78 is 0. The van der Waals surface area contributed by atoms with E-state index in [9.17, 15) is 0 Å². The van der Waals surface area contributed by atoms with Crippen molar-refractivity contribution in [1.29, 1.82) is 0 Å². The van der Waals surface area contributed by atoms with Crippen molar-refractivity contribution < 1.29 is 0 Å². The predicted molar refractivity (Wildman–Crippen MR) is 60.6 cm³/mol. The fourth-order valence-corrected chi connectivity index (χ4v) is 1.82. The number of aromatic nitrogens is 2. The molecular formula is C12H19N3. The van der Waals surface area contributed by atoms with Crippen LogP contribution in [0.15, 0.2) is 12.3 Å². The zero-order valence-electron chi connectivity index (χ0n) is 9.53. The van der Waals surface area contributed by atoms with Gasteiger partial charge in [0.1, 0.15) is 5.82 Å². The second-order valence-electron chi connectivity index (χ2n) is 4.79. The van der Waals surface area contributed by atoms with Gasteiger partial charge in [-0.15, -0.1) is 0 Å². The van der Waals surface area contributed by atoms with Gasteiger partial charge < -0.3 is 5.32 Å². The molecule has 1 aromatic rings. The first kappa shape index (κ1) is 10.6. The van der Waals surface area contributed by atoms with Crippen LogP contribution in [0.25, 0.3) is 0 Å². The van der Waals surface area contributed by atoms with Crippen LogP contribution in [0.2, 0.25) is 0 Å². The van der Waals surface area contributed by atoms with Crippen LogP contribution in [0.5, 0.6) is 0 Å². The van der Waals surface area contributed by atoms with Crippen LogP contribution in [0.3, 0.4) is 0 Å². The summed E-state index contributed by atoms with van der Waals surface area (Å²) in [6.45, 7) is 6.69. The number of nitrogens with one attached hydrogen (secondary N) is 1. The van der Waals surface area contributed by atoms with E-state index in [2.05, 4.69) is 29.1 Å². The zero-order chi connectivity index (χ0) is 10.7. The van der Waals surface area contributed by atoms with Gasteiger partial charge in [0.25, 0.3) is 0 Å². The Hall–Kier alpha value is -0.960. The molecule has 2 heterocycles. The second kappa shape index (κ2) is 4.71. The third-order valence-corrected chi connectivity index (χ3v) is 2.72. The van der Waals surface area contributed by atoms with E-state index in [0.29, 0.717) is 5.92 Å². The molecule has 1 aliphatic heterocycles. The van der Waals surface area contributed by atoms with Crippen molar-refractivity contribution in [1.82, 2.24) is 15.3 Å². The van der Waals surface area contributed by atoms with Gasteiger partial charge in [-0.3, -0.25) is 0 Å². The summed E-state index contributed by atoms with van der Waals surface area (Å²) in [4.78, 5) is 8.93. The summed E-state index contributed by atoms with van der Waals surface area (Å²) in [5.41, 5.74) is 1.18. The Bertz CT molecular complexity index is 318. The molecule has 1 N–H and O–H groups in total. The van der Waals surface area contributed by atoms with Crippen LogP contribution in [0.1, 0.15) is 25.4 Å². The van der Waals surface area contributed by atoms with E-state index >= 15 is 0 Å². The van der Waals surface area contributed by atoms with Crippen LogP contribution in [-0.4, -0.2) is 23.1 Å². The van der Waals surface area contributed by atoms with Gasteiger partial charge in [-0.05, 0) is 37.4 Å². The third-order valence-electron chi connectivity index (χ3n) is 2.72. The minimum Gasteiger partial charge on any atom is -0.316 e. The standard InChI is InChI=1S/C12H19N3/c1-9(2)5-11-3-4-14-12(15-11)6-10-7-13-8-10/h3-4,9-10,13H,5-8H2,1-2H3. The van der Waals surface area contributed by atoms with E-state index in [1.165, 1.54) is 5.69 Å². The van der Waals surface area contributed by atoms with E-state index in [0.717, 1.165) is 37.7 Å². The average Bonchev–Trinajstić information content (AvgIpc) is 2.11. The SMILES string of the molecule is CC(C)Cc1ccnc(CC2CNC2)n1. The van der Waals surface area contributed by atoms with Crippen molar-refractivity contribution >= 4 is 0 Å². The highest BCUT2D eigenvalue weighted by Gasteiger charge is 2.18. The van der Waals surface area contributed by atoms with Crippen LogP contribution < -0.4 is 5.32 Å². The molecular weight excluding hydrogens is 186 g/mol. The highest BCUT2D eigenvalue weighted by molar-refractivity contribution is 5.04. The van der Waals surface area contributed by atoms with Gasteiger partial charge in [-0.25, -0.2) is 9.97 Å². The first-order valence-electron chi connectivity index (χ1n) is 5.75. The van der Waals surface area contributed by atoms with Gasteiger partial charge in [-0.1, -0.05) is 13.8 Å². The molecule has 3 nitrogen and oxygen atoms in total. The number of nitrogens with zero attached hydrogens (tertiary/aromatic N) is 2. The summed E-state index contributed by atoms with van der Waals surface area (Å²) >= 11 is 0. The molecule has 2 rings (SSSR count). The molecule has 15 heavy (non-hydrogen) atoms. The largest absolute Gasteiger partial charge is 0.316 e. The highest BCUT2D eigenvalue weighted by atomic mass is 15.0. The Balaban J connectivity index is 1.98. The van der Waals surface area contributed by atoms with Crippen LogP contribution >= 0.6 is 0 Å². The maximum Gasteiger partial charge on any atom is 0.128 e. The zero-order valence-corrected chi connectivity index (χ0v) is 9.53. The first-order chi connectivity index (χ1) is 7.24. The molecule has 82 valence electrons. The maximum atomic E-state index is 4.60. The normalized spacial score (nSPS) is 16.7. The van der Waals surface area contributed by atoms with Gasteiger partial charge in [0.2, 0.25) is 0 Å². The van der Waals surface area contributed by atoms with Gasteiger partial charge >= 0.3 is 0 Å². The van der Waals surface area contributed by atoms with Crippen LogP contribution in [-0.2, 0) is 12.8 Å². The molecule has 1 aliphatic rings. The fraction of sp³-hybridized carbons (Fsp3) is 0.667. The maximum absolute atomic E-state index is 4.60. The van der Waals surface area contributed by atoms with Gasteiger partial charge in [-0.2, -0.15) is 0 Å². The molecule has 1 aromatic heterocycles. The molecule has 0 aliphatic carbocycles. The number of hydrogen-bond donors (Lipinski definition) is 1. The van der Waals surface area contributed by atoms with Crippen molar-refractivity contribution in [3.8, 4) is 0 Å². The summed E-state index contributed by atoms with van der Waals surface area (Å²) in [5, 5.41) is 3.27. The van der Waals surface area contributed by atoms with Crippen molar-refractivity contribution in [2.24, 2.45) is 11.8 Å². The molecule has 0 amide bonds. The van der Waals surface area contributed by atoms with Gasteiger partial charge in [0, 0.05) is 18.3 Å². The van der Waals surface area contributed by atoms with E-state index < -0.39 is 0 Å². The lowest BCUT2D eigenvalue weighted by Gasteiger charge is -2.26. The smallest absolute Gasteiger partial charge is 0.128 e. The van der Waals surface area contributed by atoms with E-state index in [1.807, 2.05) is 12.3 Å².